The van der Waals surface area contributed by atoms with E-state index in [0.717, 1.165) is 0 Å². The number of benzene rings is 1. The summed E-state index contributed by atoms with van der Waals surface area (Å²) >= 11 is 9.21. The van der Waals surface area contributed by atoms with E-state index >= 15 is 0 Å². The molecule has 17 heavy (non-hydrogen) atoms. The minimum Gasteiger partial charge on any atom is -0.389 e. The summed E-state index contributed by atoms with van der Waals surface area (Å²) in [7, 11) is 1.48. The number of hydrogen-bond acceptors (Lipinski definition) is 3. The Morgan fingerprint density at radius 3 is 3.00 bits per heavy atom. The quantitative estimate of drug-likeness (QED) is 0.869. The van der Waals surface area contributed by atoms with E-state index in [0.29, 0.717) is 15.1 Å². The molecule has 0 saturated heterocycles. The highest BCUT2D eigenvalue weighted by Gasteiger charge is 2.13. The molecule has 1 atom stereocenters. The number of methoxy groups -OCH3 is 1. The highest BCUT2D eigenvalue weighted by molar-refractivity contribution is 9.10. The SMILES string of the molecule is COCC(O)CNC(=O)c1cccc(Br)c1Cl. The Morgan fingerprint density at radius 2 is 2.35 bits per heavy atom. The summed E-state index contributed by atoms with van der Waals surface area (Å²) in [5.41, 5.74) is 0.366. The highest BCUT2D eigenvalue weighted by Crippen LogP contribution is 2.25. The maximum Gasteiger partial charge on any atom is 0.252 e. The van der Waals surface area contributed by atoms with Crippen LogP contribution in [0.15, 0.2) is 22.7 Å². The Kier molecular flexibility index (Phi) is 5.91. The van der Waals surface area contributed by atoms with Crippen molar-refractivity contribution < 1.29 is 14.6 Å². The second-order valence-corrected chi connectivity index (χ2v) is 4.65. The number of amides is 1. The fourth-order valence-electron chi connectivity index (χ4n) is 1.24. The molecule has 0 saturated carbocycles. The van der Waals surface area contributed by atoms with Crippen molar-refractivity contribution in [3.63, 3.8) is 0 Å². The Morgan fingerprint density at radius 1 is 1.65 bits per heavy atom. The summed E-state index contributed by atoms with van der Waals surface area (Å²) in [5, 5.41) is 12.3. The average molecular weight is 323 g/mol. The van der Waals surface area contributed by atoms with Gasteiger partial charge < -0.3 is 15.2 Å². The first-order valence-corrected chi connectivity index (χ1v) is 6.12. The van der Waals surface area contributed by atoms with Gasteiger partial charge in [-0.25, -0.2) is 0 Å². The third kappa shape index (κ3) is 4.27. The molecule has 0 heterocycles. The molecule has 1 unspecified atom stereocenters. The van der Waals surface area contributed by atoms with Crippen molar-refractivity contribution in [1.82, 2.24) is 5.32 Å². The second-order valence-electron chi connectivity index (χ2n) is 3.42. The summed E-state index contributed by atoms with van der Waals surface area (Å²) in [5.74, 6) is -0.327. The molecule has 0 aliphatic rings. The van der Waals surface area contributed by atoms with Gasteiger partial charge in [0.05, 0.1) is 23.3 Å². The third-order valence-corrected chi connectivity index (χ3v) is 3.35. The lowest BCUT2D eigenvalue weighted by Gasteiger charge is -2.11. The van der Waals surface area contributed by atoms with Gasteiger partial charge in [0, 0.05) is 18.1 Å². The van der Waals surface area contributed by atoms with Crippen LogP contribution >= 0.6 is 27.5 Å². The van der Waals surface area contributed by atoms with E-state index in [2.05, 4.69) is 21.2 Å². The average Bonchev–Trinajstić information content (AvgIpc) is 2.30. The van der Waals surface area contributed by atoms with Crippen LogP contribution in [0.25, 0.3) is 0 Å². The molecule has 1 aromatic rings. The maximum atomic E-state index is 11.8. The molecule has 0 fully saturated rings. The van der Waals surface area contributed by atoms with Crippen molar-refractivity contribution in [3.8, 4) is 0 Å². The van der Waals surface area contributed by atoms with E-state index < -0.39 is 6.10 Å². The van der Waals surface area contributed by atoms with E-state index in [1.807, 2.05) is 0 Å². The summed E-state index contributed by atoms with van der Waals surface area (Å²) in [4.78, 5) is 11.8. The van der Waals surface area contributed by atoms with Crippen molar-refractivity contribution in [1.29, 1.82) is 0 Å². The van der Waals surface area contributed by atoms with Gasteiger partial charge in [-0.15, -0.1) is 0 Å². The highest BCUT2D eigenvalue weighted by atomic mass is 79.9. The van der Waals surface area contributed by atoms with E-state index in [9.17, 15) is 9.90 Å². The fourth-order valence-corrected chi connectivity index (χ4v) is 1.81. The number of aliphatic hydroxyl groups excluding tert-OH is 1. The summed E-state index contributed by atoms with van der Waals surface area (Å²) < 4.78 is 5.41. The molecule has 0 aliphatic carbocycles. The van der Waals surface area contributed by atoms with Crippen LogP contribution in [-0.4, -0.2) is 37.4 Å². The van der Waals surface area contributed by atoms with Gasteiger partial charge in [-0.2, -0.15) is 0 Å². The first-order chi connectivity index (χ1) is 8.06. The van der Waals surface area contributed by atoms with Crippen molar-refractivity contribution in [2.24, 2.45) is 0 Å². The summed E-state index contributed by atoms with van der Waals surface area (Å²) in [6.45, 7) is 0.294. The maximum absolute atomic E-state index is 11.8. The predicted octanol–water partition coefficient (Wildman–Crippen LogP) is 1.84. The molecule has 0 radical (unpaired) electrons. The molecule has 0 aliphatic heterocycles. The van der Waals surface area contributed by atoms with Crippen LogP contribution in [0.2, 0.25) is 5.02 Å². The van der Waals surface area contributed by atoms with Crippen LogP contribution < -0.4 is 5.32 Å². The number of ether oxygens (including phenoxy) is 1. The Balaban J connectivity index is 2.61. The minimum absolute atomic E-state index is 0.121. The number of carbonyl (C=O) groups is 1. The lowest BCUT2D eigenvalue weighted by atomic mass is 10.2. The van der Waals surface area contributed by atoms with E-state index in [4.69, 9.17) is 16.3 Å². The molecule has 0 spiro atoms. The first-order valence-electron chi connectivity index (χ1n) is 4.95. The zero-order valence-electron chi connectivity index (χ0n) is 9.24. The molecule has 2 N–H and O–H groups in total. The van der Waals surface area contributed by atoms with Gasteiger partial charge in [0.2, 0.25) is 0 Å². The van der Waals surface area contributed by atoms with Gasteiger partial charge in [-0.05, 0) is 28.1 Å². The first kappa shape index (κ1) is 14.4. The fraction of sp³-hybridized carbons (Fsp3) is 0.364. The lowest BCUT2D eigenvalue weighted by Crippen LogP contribution is -2.34. The number of hydrogen-bond donors (Lipinski definition) is 2. The van der Waals surface area contributed by atoms with E-state index in [1.165, 1.54) is 7.11 Å². The zero-order valence-corrected chi connectivity index (χ0v) is 11.6. The molecular weight excluding hydrogens is 309 g/mol. The van der Waals surface area contributed by atoms with Crippen molar-refractivity contribution in [2.75, 3.05) is 20.3 Å². The van der Waals surface area contributed by atoms with Gasteiger partial charge >= 0.3 is 0 Å². The van der Waals surface area contributed by atoms with Gasteiger partial charge in [0.15, 0.2) is 0 Å². The number of nitrogens with one attached hydrogen (secondary N) is 1. The molecule has 1 amide bonds. The van der Waals surface area contributed by atoms with Crippen LogP contribution in [0.5, 0.6) is 0 Å². The molecule has 6 heteroatoms. The number of carbonyl (C=O) groups excluding carboxylic acids is 1. The molecular formula is C11H13BrClNO3. The van der Waals surface area contributed by atoms with Crippen LogP contribution in [-0.2, 0) is 4.74 Å². The van der Waals surface area contributed by atoms with Crippen molar-refractivity contribution >= 4 is 33.4 Å². The number of halogens is 2. The Hall–Kier alpha value is -0.620. The lowest BCUT2D eigenvalue weighted by molar-refractivity contribution is 0.0610. The Labute approximate surface area is 113 Å². The number of aliphatic hydroxyl groups is 1. The van der Waals surface area contributed by atoms with Gasteiger partial charge in [-0.1, -0.05) is 17.7 Å². The van der Waals surface area contributed by atoms with E-state index in [1.54, 1.807) is 18.2 Å². The molecule has 0 aromatic heterocycles. The zero-order chi connectivity index (χ0) is 12.8. The van der Waals surface area contributed by atoms with Crippen LogP contribution in [0, 0.1) is 0 Å². The molecule has 1 aromatic carbocycles. The normalized spacial score (nSPS) is 12.2. The largest absolute Gasteiger partial charge is 0.389 e. The minimum atomic E-state index is -0.727. The molecule has 0 bridgehead atoms. The predicted molar refractivity (Wildman–Crippen MR) is 69.4 cm³/mol. The smallest absolute Gasteiger partial charge is 0.252 e. The molecule has 1 rings (SSSR count). The second kappa shape index (κ2) is 6.96. The van der Waals surface area contributed by atoms with Crippen molar-refractivity contribution in [3.05, 3.63) is 33.3 Å². The number of rotatable bonds is 5. The van der Waals surface area contributed by atoms with Crippen LogP contribution in [0.3, 0.4) is 0 Å². The van der Waals surface area contributed by atoms with Gasteiger partial charge in [0.25, 0.3) is 5.91 Å². The Bertz CT molecular complexity index is 400. The van der Waals surface area contributed by atoms with Crippen molar-refractivity contribution in [2.45, 2.75) is 6.10 Å². The standard InChI is InChI=1S/C11H13BrClNO3/c1-17-6-7(15)5-14-11(16)8-3-2-4-9(12)10(8)13/h2-4,7,15H,5-6H2,1H3,(H,14,16). The molecule has 94 valence electrons. The summed E-state index contributed by atoms with van der Waals surface area (Å²) in [6, 6.07) is 5.08. The topological polar surface area (TPSA) is 58.6 Å². The third-order valence-electron chi connectivity index (χ3n) is 2.05. The monoisotopic (exact) mass is 321 g/mol. The summed E-state index contributed by atoms with van der Waals surface area (Å²) in [6.07, 6.45) is -0.727. The van der Waals surface area contributed by atoms with Gasteiger partial charge in [-0.3, -0.25) is 4.79 Å². The molecule has 4 nitrogen and oxygen atoms in total. The van der Waals surface area contributed by atoms with E-state index in [-0.39, 0.29) is 19.1 Å². The van der Waals surface area contributed by atoms with Crippen LogP contribution in [0.1, 0.15) is 10.4 Å². The van der Waals surface area contributed by atoms with Crippen LogP contribution in [0.4, 0.5) is 0 Å². The van der Waals surface area contributed by atoms with Gasteiger partial charge in [0.1, 0.15) is 0 Å².